The van der Waals surface area contributed by atoms with E-state index in [4.69, 9.17) is 10.6 Å². The number of hydrogen-bond acceptors (Lipinski definition) is 10. The lowest BCUT2D eigenvalue weighted by atomic mass is 10.0. The smallest absolute Gasteiger partial charge is 0.352 e. The normalized spacial score (nSPS) is 19.3. The van der Waals surface area contributed by atoms with Crippen molar-refractivity contribution in [1.82, 2.24) is 25.2 Å². The van der Waals surface area contributed by atoms with Gasteiger partial charge in [-0.2, -0.15) is 0 Å². The van der Waals surface area contributed by atoms with Crippen molar-refractivity contribution in [3.05, 3.63) is 59.3 Å². The number of aromatic amines is 1. The van der Waals surface area contributed by atoms with Gasteiger partial charge in [0.1, 0.15) is 35.7 Å². The summed E-state index contributed by atoms with van der Waals surface area (Å²) in [6.07, 6.45) is 7.04. The quantitative estimate of drug-likeness (QED) is 0.134. The molecule has 15 heteroatoms. The molecule has 3 aromatic rings. The number of carbonyl (C=O) groups is 3. The highest BCUT2D eigenvalue weighted by Crippen LogP contribution is 2.40. The Labute approximate surface area is 218 Å². The molecule has 5 heterocycles. The number of carboxylic acid groups (broad SMARTS) is 1. The standard InChI is InChI=1S/C22H20N8O5S2/c1-35-28-14(13-10-37-22(23)26-13)18(31)27-15-19(32)30-16(21(33)34)12(9-36-20(15)30)8-29-6-2-3-11(7-29)17-24-4-5-25-17/h2-7,10,15,20H,8-9H2,1H3,(H4-,23,24,25,26,27,31,33,34)/p+1/b28-14-/t15-,20+/m1/s1. The molecule has 0 aliphatic carbocycles. The van der Waals surface area contributed by atoms with Crippen LogP contribution in [-0.4, -0.2) is 72.7 Å². The molecule has 190 valence electrons. The SMILES string of the molecule is CO/N=C(\C(=O)N[C@@H]1C(=O)N2C(C(=O)O)=C(C[n+]3cccc(-c4ncc[nH]4)c3)CS[C@@H]12)c1csc(N)n1. The van der Waals surface area contributed by atoms with Crippen molar-refractivity contribution in [2.75, 3.05) is 18.6 Å². The molecule has 2 aliphatic heterocycles. The summed E-state index contributed by atoms with van der Waals surface area (Å²) in [6.45, 7) is 0.270. The van der Waals surface area contributed by atoms with Crippen LogP contribution < -0.4 is 15.6 Å². The molecule has 0 spiro atoms. The van der Waals surface area contributed by atoms with Gasteiger partial charge in [0, 0.05) is 35.2 Å². The molecule has 0 radical (unpaired) electrons. The Kier molecular flexibility index (Phi) is 6.62. The van der Waals surface area contributed by atoms with Crippen molar-refractivity contribution in [1.29, 1.82) is 0 Å². The van der Waals surface area contributed by atoms with Crippen LogP contribution in [0.25, 0.3) is 11.4 Å². The zero-order valence-electron chi connectivity index (χ0n) is 19.3. The maximum Gasteiger partial charge on any atom is 0.352 e. The monoisotopic (exact) mass is 541 g/mol. The number of nitrogens with zero attached hydrogens (tertiary/aromatic N) is 5. The molecule has 2 aliphatic rings. The van der Waals surface area contributed by atoms with Crippen molar-refractivity contribution >= 4 is 51.7 Å². The molecular formula is C22H21N8O5S2+. The summed E-state index contributed by atoms with van der Waals surface area (Å²) in [5, 5.41) is 17.6. The number of carbonyl (C=O) groups excluding carboxylic acids is 2. The number of anilines is 1. The van der Waals surface area contributed by atoms with E-state index in [1.165, 1.54) is 23.8 Å². The highest BCUT2D eigenvalue weighted by Gasteiger charge is 2.54. The zero-order chi connectivity index (χ0) is 26.1. The number of aromatic nitrogens is 4. The number of H-pyrrole nitrogens is 1. The van der Waals surface area contributed by atoms with Crippen molar-refractivity contribution in [3.8, 4) is 11.4 Å². The molecule has 1 saturated heterocycles. The number of aliphatic carboxylic acids is 1. The van der Waals surface area contributed by atoms with E-state index in [1.807, 2.05) is 29.1 Å². The van der Waals surface area contributed by atoms with Crippen LogP contribution in [0.2, 0.25) is 0 Å². The second kappa shape index (κ2) is 10.0. The molecule has 1 fully saturated rings. The number of rotatable bonds is 8. The maximum atomic E-state index is 13.1. The number of pyridine rings is 1. The Morgan fingerprint density at radius 2 is 2.30 bits per heavy atom. The summed E-state index contributed by atoms with van der Waals surface area (Å²) in [5.41, 5.74) is 7.07. The number of thioether (sulfide) groups is 1. The lowest BCUT2D eigenvalue weighted by molar-refractivity contribution is -0.688. The number of amides is 2. The minimum atomic E-state index is -1.21. The van der Waals surface area contributed by atoms with Gasteiger partial charge in [-0.3, -0.25) is 14.5 Å². The van der Waals surface area contributed by atoms with Crippen LogP contribution in [0.1, 0.15) is 5.69 Å². The number of nitrogen functional groups attached to an aromatic ring is 1. The summed E-state index contributed by atoms with van der Waals surface area (Å²) >= 11 is 2.51. The third-order valence-corrected chi connectivity index (χ3v) is 7.72. The van der Waals surface area contributed by atoms with Crippen LogP contribution in [0.4, 0.5) is 5.13 Å². The molecule has 3 aromatic heterocycles. The highest BCUT2D eigenvalue weighted by atomic mass is 32.2. The molecule has 37 heavy (non-hydrogen) atoms. The Morgan fingerprint density at radius 1 is 1.46 bits per heavy atom. The number of nitrogens with two attached hydrogens (primary N) is 1. The minimum Gasteiger partial charge on any atom is -0.477 e. The minimum absolute atomic E-state index is 0.0757. The third kappa shape index (κ3) is 4.65. The van der Waals surface area contributed by atoms with Crippen LogP contribution in [0, 0.1) is 0 Å². The fourth-order valence-corrected chi connectivity index (χ4v) is 5.99. The van der Waals surface area contributed by atoms with Gasteiger partial charge in [0.2, 0.25) is 0 Å². The second-order valence-electron chi connectivity index (χ2n) is 8.01. The van der Waals surface area contributed by atoms with E-state index in [0.29, 0.717) is 17.2 Å². The van der Waals surface area contributed by atoms with Crippen molar-refractivity contribution in [2.24, 2.45) is 5.16 Å². The molecule has 2 atom stereocenters. The van der Waals surface area contributed by atoms with Gasteiger partial charge in [-0.1, -0.05) is 5.16 Å². The largest absolute Gasteiger partial charge is 0.477 e. The molecule has 0 unspecified atom stereocenters. The first kappa shape index (κ1) is 24.5. The Morgan fingerprint density at radius 3 is 2.97 bits per heavy atom. The zero-order valence-corrected chi connectivity index (χ0v) is 21.0. The highest BCUT2D eigenvalue weighted by molar-refractivity contribution is 8.00. The number of β-lactam (4-membered cyclic amide) rings is 1. The second-order valence-corrected chi connectivity index (χ2v) is 10.0. The number of oxime groups is 1. The first-order valence-electron chi connectivity index (χ1n) is 10.9. The molecule has 5 N–H and O–H groups in total. The molecule has 0 aromatic carbocycles. The number of carboxylic acids is 1. The van der Waals surface area contributed by atoms with Crippen LogP contribution in [0.15, 0.2) is 58.7 Å². The first-order valence-corrected chi connectivity index (χ1v) is 12.8. The number of thiazole rings is 1. The summed E-state index contributed by atoms with van der Waals surface area (Å²) in [4.78, 5) is 55.5. The van der Waals surface area contributed by atoms with Crippen molar-refractivity contribution in [3.63, 3.8) is 0 Å². The van der Waals surface area contributed by atoms with E-state index in [-0.39, 0.29) is 28.8 Å². The van der Waals surface area contributed by atoms with Crippen LogP contribution in [0.5, 0.6) is 0 Å². The lowest BCUT2D eigenvalue weighted by Gasteiger charge is -2.49. The Balaban J connectivity index is 1.35. The van der Waals surface area contributed by atoms with Gasteiger partial charge >= 0.3 is 5.97 Å². The Bertz CT molecular complexity index is 1430. The average Bonchev–Trinajstić information content (AvgIpc) is 3.57. The van der Waals surface area contributed by atoms with Gasteiger partial charge in [0.15, 0.2) is 29.8 Å². The van der Waals surface area contributed by atoms with Gasteiger partial charge in [-0.15, -0.1) is 23.1 Å². The molecule has 0 saturated carbocycles. The fraction of sp³-hybridized carbons (Fsp3) is 0.227. The average molecular weight is 542 g/mol. The van der Waals surface area contributed by atoms with E-state index in [9.17, 15) is 19.5 Å². The van der Waals surface area contributed by atoms with Crippen molar-refractivity contribution < 1.29 is 28.9 Å². The summed E-state index contributed by atoms with van der Waals surface area (Å²) < 4.78 is 1.84. The first-order chi connectivity index (χ1) is 17.9. The number of nitrogens with one attached hydrogen (secondary N) is 2. The van der Waals surface area contributed by atoms with Gasteiger partial charge in [0.05, 0.1) is 5.56 Å². The summed E-state index contributed by atoms with van der Waals surface area (Å²) in [7, 11) is 1.28. The van der Waals surface area contributed by atoms with E-state index < -0.39 is 29.2 Å². The molecule has 5 rings (SSSR count). The molecule has 13 nitrogen and oxygen atoms in total. The number of fused-ring (bicyclic) bond motifs is 1. The molecule has 2 amide bonds. The van der Waals surface area contributed by atoms with E-state index >= 15 is 0 Å². The van der Waals surface area contributed by atoms with Gasteiger partial charge in [-0.05, 0) is 6.07 Å². The van der Waals surface area contributed by atoms with Gasteiger partial charge < -0.3 is 26.0 Å². The third-order valence-electron chi connectivity index (χ3n) is 5.70. The topological polar surface area (TPSA) is 180 Å². The summed E-state index contributed by atoms with van der Waals surface area (Å²) in [5.74, 6) is -1.36. The van der Waals surface area contributed by atoms with E-state index in [0.717, 1.165) is 16.9 Å². The maximum absolute atomic E-state index is 13.1. The van der Waals surface area contributed by atoms with Crippen LogP contribution >= 0.6 is 23.1 Å². The number of imidazole rings is 1. The predicted molar refractivity (Wildman–Crippen MR) is 134 cm³/mol. The predicted octanol–water partition coefficient (Wildman–Crippen LogP) is 0.192. The molecule has 0 bridgehead atoms. The van der Waals surface area contributed by atoms with Crippen molar-refractivity contribution in [2.45, 2.75) is 18.0 Å². The van der Waals surface area contributed by atoms with Gasteiger partial charge in [-0.25, -0.2) is 19.3 Å². The summed E-state index contributed by atoms with van der Waals surface area (Å²) in [6, 6.07) is 2.80. The van der Waals surface area contributed by atoms with Gasteiger partial charge in [0.25, 0.3) is 11.8 Å². The van der Waals surface area contributed by atoms with Crippen LogP contribution in [-0.2, 0) is 25.8 Å². The lowest BCUT2D eigenvalue weighted by Crippen LogP contribution is -2.71. The molecular weight excluding hydrogens is 520 g/mol. The van der Waals surface area contributed by atoms with Crippen LogP contribution in [0.3, 0.4) is 0 Å². The van der Waals surface area contributed by atoms with E-state index in [1.54, 1.807) is 17.8 Å². The number of hydrogen-bond donors (Lipinski definition) is 4. The fourth-order valence-electron chi connectivity index (χ4n) is 4.11. The van der Waals surface area contributed by atoms with E-state index in [2.05, 4.69) is 25.4 Å². The Hall–Kier alpha value is -4.24.